The Labute approximate surface area is 96.8 Å². The molecule has 92 valence electrons. The summed E-state index contributed by atoms with van der Waals surface area (Å²) < 4.78 is 12.7. The van der Waals surface area contributed by atoms with Crippen LogP contribution in [0.25, 0.3) is 0 Å². The summed E-state index contributed by atoms with van der Waals surface area (Å²) in [7, 11) is 1.41. The van der Waals surface area contributed by atoms with E-state index in [2.05, 4.69) is 5.16 Å². The van der Waals surface area contributed by atoms with Gasteiger partial charge in [0.1, 0.15) is 11.6 Å². The molecule has 0 aliphatic rings. The lowest BCUT2D eigenvalue weighted by Crippen LogP contribution is -2.35. The van der Waals surface area contributed by atoms with Gasteiger partial charge in [0.05, 0.1) is 12.1 Å². The number of nitrogens with two attached hydrogens (primary N) is 1. The van der Waals surface area contributed by atoms with Crippen LogP contribution in [0.2, 0.25) is 0 Å². The number of likely N-dealkylation sites (N-methyl/N-ethyl adjacent to an activating group) is 1. The van der Waals surface area contributed by atoms with E-state index in [1.807, 2.05) is 0 Å². The Morgan fingerprint density at radius 3 is 2.76 bits per heavy atom. The molecule has 0 radical (unpaired) electrons. The predicted octanol–water partition coefficient (Wildman–Crippen LogP) is 0.350. The monoisotopic (exact) mass is 241 g/mol. The third-order valence-electron chi connectivity index (χ3n) is 2.06. The maximum absolute atomic E-state index is 12.7. The Morgan fingerprint density at radius 2 is 2.24 bits per heavy atom. The van der Waals surface area contributed by atoms with Gasteiger partial charge in [0, 0.05) is 13.1 Å². The fourth-order valence-corrected chi connectivity index (χ4v) is 1.24. The van der Waals surface area contributed by atoms with Crippen molar-refractivity contribution in [2.24, 2.45) is 10.9 Å². The normalized spacial score (nSPS) is 11.3. The molecule has 0 bridgehead atoms. The number of hydrogen-bond donors (Lipinski definition) is 3. The van der Waals surface area contributed by atoms with Gasteiger partial charge in [0.2, 0.25) is 0 Å². The quantitative estimate of drug-likeness (QED) is 0.308. The standard InChI is InChI=1S/C10H12FN3O3/c1-14(5-9(12)13-17)10(16)7-3-2-6(11)4-8(7)15/h2-4,15,17H,5H2,1H3,(H2,12,13). The molecule has 0 aliphatic carbocycles. The lowest BCUT2D eigenvalue weighted by atomic mass is 10.1. The van der Waals surface area contributed by atoms with Gasteiger partial charge in [-0.15, -0.1) is 0 Å². The first kappa shape index (κ1) is 12.8. The summed E-state index contributed by atoms with van der Waals surface area (Å²) in [5, 5.41) is 20.5. The van der Waals surface area contributed by atoms with Crippen molar-refractivity contribution in [3.63, 3.8) is 0 Å². The van der Waals surface area contributed by atoms with Crippen LogP contribution in [-0.4, -0.2) is 40.5 Å². The molecule has 0 heterocycles. The minimum Gasteiger partial charge on any atom is -0.507 e. The van der Waals surface area contributed by atoms with Crippen LogP contribution in [-0.2, 0) is 0 Å². The number of phenolic OH excluding ortho intramolecular Hbond substituents is 1. The topological polar surface area (TPSA) is 99.1 Å². The second-order valence-corrected chi connectivity index (χ2v) is 3.41. The molecule has 6 nitrogen and oxygen atoms in total. The van der Waals surface area contributed by atoms with E-state index in [1.54, 1.807) is 0 Å². The molecule has 7 heteroatoms. The summed E-state index contributed by atoms with van der Waals surface area (Å²) in [6, 6.07) is 3.06. The number of hydrogen-bond acceptors (Lipinski definition) is 4. The number of oxime groups is 1. The molecule has 4 N–H and O–H groups in total. The Bertz CT molecular complexity index is 462. The summed E-state index contributed by atoms with van der Waals surface area (Å²) in [6.07, 6.45) is 0. The molecule has 0 saturated carbocycles. The molecular formula is C10H12FN3O3. The van der Waals surface area contributed by atoms with Crippen molar-refractivity contribution < 1.29 is 19.5 Å². The van der Waals surface area contributed by atoms with Gasteiger partial charge in [0.25, 0.3) is 5.91 Å². The second kappa shape index (κ2) is 5.15. The van der Waals surface area contributed by atoms with Gasteiger partial charge in [-0.3, -0.25) is 4.79 Å². The predicted molar refractivity (Wildman–Crippen MR) is 58.4 cm³/mol. The van der Waals surface area contributed by atoms with Gasteiger partial charge < -0.3 is 20.9 Å². The summed E-state index contributed by atoms with van der Waals surface area (Å²) in [6.45, 7) is -0.105. The fraction of sp³-hybridized carbons (Fsp3) is 0.200. The average Bonchev–Trinajstić information content (AvgIpc) is 2.28. The molecule has 0 atom stereocenters. The van der Waals surface area contributed by atoms with Gasteiger partial charge in [0.15, 0.2) is 5.84 Å². The first-order valence-corrected chi connectivity index (χ1v) is 4.66. The lowest BCUT2D eigenvalue weighted by molar-refractivity contribution is 0.0810. The zero-order valence-electron chi connectivity index (χ0n) is 9.09. The van der Waals surface area contributed by atoms with E-state index in [1.165, 1.54) is 7.05 Å². The Hall–Kier alpha value is -2.31. The number of rotatable bonds is 3. The van der Waals surface area contributed by atoms with E-state index in [0.29, 0.717) is 0 Å². The second-order valence-electron chi connectivity index (χ2n) is 3.41. The zero-order valence-corrected chi connectivity index (χ0v) is 9.09. The molecule has 0 saturated heterocycles. The highest BCUT2D eigenvalue weighted by Gasteiger charge is 2.17. The van der Waals surface area contributed by atoms with Crippen molar-refractivity contribution in [1.82, 2.24) is 4.90 Å². The summed E-state index contributed by atoms with van der Waals surface area (Å²) in [4.78, 5) is 12.9. The molecular weight excluding hydrogens is 229 g/mol. The van der Waals surface area contributed by atoms with E-state index >= 15 is 0 Å². The van der Waals surface area contributed by atoms with Gasteiger partial charge in [-0.25, -0.2) is 4.39 Å². The number of halogens is 1. The summed E-state index contributed by atoms with van der Waals surface area (Å²) in [5.74, 6) is -1.81. The molecule has 0 unspecified atom stereocenters. The SMILES string of the molecule is CN(C/C(N)=N/O)C(=O)c1ccc(F)cc1O. The third kappa shape index (κ3) is 3.07. The Balaban J connectivity index is 2.89. The molecule has 1 aromatic rings. The average molecular weight is 241 g/mol. The number of aromatic hydroxyl groups is 1. The zero-order chi connectivity index (χ0) is 13.0. The van der Waals surface area contributed by atoms with Crippen LogP contribution >= 0.6 is 0 Å². The van der Waals surface area contributed by atoms with E-state index < -0.39 is 17.5 Å². The van der Waals surface area contributed by atoms with Crippen LogP contribution < -0.4 is 5.73 Å². The lowest BCUT2D eigenvalue weighted by Gasteiger charge is -2.16. The van der Waals surface area contributed by atoms with Crippen molar-refractivity contribution >= 4 is 11.7 Å². The highest BCUT2D eigenvalue weighted by Crippen LogP contribution is 2.19. The maximum Gasteiger partial charge on any atom is 0.257 e. The maximum atomic E-state index is 12.7. The molecule has 1 amide bonds. The van der Waals surface area contributed by atoms with Crippen LogP contribution in [0.1, 0.15) is 10.4 Å². The van der Waals surface area contributed by atoms with Gasteiger partial charge in [-0.05, 0) is 12.1 Å². The molecule has 0 aromatic heterocycles. The van der Waals surface area contributed by atoms with Crippen LogP contribution in [0.5, 0.6) is 5.75 Å². The number of carbonyl (C=O) groups is 1. The Kier molecular flexibility index (Phi) is 3.86. The van der Waals surface area contributed by atoms with Gasteiger partial charge in [-0.1, -0.05) is 5.16 Å². The van der Waals surface area contributed by atoms with E-state index in [9.17, 15) is 14.3 Å². The van der Waals surface area contributed by atoms with Crippen molar-refractivity contribution in [2.45, 2.75) is 0 Å². The number of nitrogens with zero attached hydrogens (tertiary/aromatic N) is 2. The van der Waals surface area contributed by atoms with Crippen LogP contribution in [0.3, 0.4) is 0 Å². The van der Waals surface area contributed by atoms with Crippen molar-refractivity contribution in [3.8, 4) is 5.75 Å². The van der Waals surface area contributed by atoms with Crippen molar-refractivity contribution in [3.05, 3.63) is 29.6 Å². The number of amides is 1. The number of amidine groups is 1. The van der Waals surface area contributed by atoms with Crippen molar-refractivity contribution in [1.29, 1.82) is 0 Å². The number of benzene rings is 1. The molecule has 0 aliphatic heterocycles. The molecule has 1 rings (SSSR count). The first-order valence-electron chi connectivity index (χ1n) is 4.66. The molecule has 17 heavy (non-hydrogen) atoms. The van der Waals surface area contributed by atoms with Crippen molar-refractivity contribution in [2.75, 3.05) is 13.6 Å². The van der Waals surface area contributed by atoms with Gasteiger partial charge >= 0.3 is 0 Å². The smallest absolute Gasteiger partial charge is 0.257 e. The van der Waals surface area contributed by atoms with Crippen LogP contribution in [0.4, 0.5) is 4.39 Å². The molecule has 0 fully saturated rings. The molecule has 1 aromatic carbocycles. The summed E-state index contributed by atoms with van der Waals surface area (Å²) >= 11 is 0. The summed E-state index contributed by atoms with van der Waals surface area (Å²) in [5.41, 5.74) is 5.18. The number of carbonyl (C=O) groups excluding carboxylic acids is 1. The largest absolute Gasteiger partial charge is 0.507 e. The van der Waals surface area contributed by atoms with E-state index in [-0.39, 0.29) is 17.9 Å². The minimum absolute atomic E-state index is 0.0559. The first-order chi connectivity index (χ1) is 7.95. The highest BCUT2D eigenvalue weighted by molar-refractivity contribution is 5.98. The fourth-order valence-electron chi connectivity index (χ4n) is 1.24. The third-order valence-corrected chi connectivity index (χ3v) is 2.06. The van der Waals surface area contributed by atoms with Crippen LogP contribution in [0.15, 0.2) is 23.4 Å². The van der Waals surface area contributed by atoms with E-state index in [0.717, 1.165) is 23.1 Å². The van der Waals surface area contributed by atoms with Crippen LogP contribution in [0, 0.1) is 5.82 Å². The number of phenols is 1. The Morgan fingerprint density at radius 1 is 1.59 bits per heavy atom. The highest BCUT2D eigenvalue weighted by atomic mass is 19.1. The van der Waals surface area contributed by atoms with E-state index in [4.69, 9.17) is 10.9 Å². The van der Waals surface area contributed by atoms with Gasteiger partial charge in [-0.2, -0.15) is 0 Å². The molecule has 0 spiro atoms. The minimum atomic E-state index is -0.641.